The normalized spacial score (nSPS) is 12.1. The molecule has 1 atom stereocenters. The van der Waals surface area contributed by atoms with Crippen LogP contribution in [0.25, 0.3) is 10.2 Å². The van der Waals surface area contributed by atoms with Crippen molar-refractivity contribution in [3.63, 3.8) is 0 Å². The van der Waals surface area contributed by atoms with E-state index < -0.39 is 22.8 Å². The molecule has 0 unspecified atom stereocenters. The van der Waals surface area contributed by atoms with Gasteiger partial charge in [0.05, 0.1) is 15.7 Å². The van der Waals surface area contributed by atoms with Crippen LogP contribution >= 0.6 is 23.1 Å². The first kappa shape index (κ1) is 19.2. The minimum Gasteiger partial charge on any atom is -0.360 e. The van der Waals surface area contributed by atoms with Crippen LogP contribution in [0.2, 0.25) is 0 Å². The van der Waals surface area contributed by atoms with Crippen molar-refractivity contribution in [2.75, 3.05) is 16.4 Å². The second kappa shape index (κ2) is 8.01. The van der Waals surface area contributed by atoms with Crippen molar-refractivity contribution in [1.82, 2.24) is 10.1 Å². The van der Waals surface area contributed by atoms with Gasteiger partial charge in [-0.25, -0.2) is 13.8 Å². The van der Waals surface area contributed by atoms with E-state index in [2.05, 4.69) is 20.8 Å². The number of hydrogen-bond acceptors (Lipinski definition) is 7. The van der Waals surface area contributed by atoms with E-state index in [1.165, 1.54) is 0 Å². The maximum atomic E-state index is 13.7. The van der Waals surface area contributed by atoms with Gasteiger partial charge in [-0.05, 0) is 19.9 Å². The fourth-order valence-corrected chi connectivity index (χ4v) is 3.70. The predicted molar refractivity (Wildman–Crippen MR) is 100.0 cm³/mol. The quantitative estimate of drug-likeness (QED) is 0.642. The molecule has 7 nitrogen and oxygen atoms in total. The highest BCUT2D eigenvalue weighted by Crippen LogP contribution is 2.28. The van der Waals surface area contributed by atoms with Crippen LogP contribution in [0.3, 0.4) is 0 Å². The molecule has 0 aliphatic carbocycles. The average Bonchev–Trinajstić information content (AvgIpc) is 3.18. The van der Waals surface area contributed by atoms with E-state index in [1.807, 2.05) is 0 Å². The molecule has 142 valence electrons. The SMILES string of the molecule is Cc1cc(NC(=O)[C@H](C)SCC(=O)Nc2nc3c(F)cc(F)cc3s2)no1. The number of benzene rings is 1. The number of halogens is 2. The number of nitrogens with zero attached hydrogens (tertiary/aromatic N) is 2. The molecule has 0 saturated carbocycles. The number of carbonyl (C=O) groups is 2. The molecule has 11 heteroatoms. The number of carbonyl (C=O) groups excluding carboxylic acids is 2. The summed E-state index contributed by atoms with van der Waals surface area (Å²) in [5, 5.41) is 8.41. The van der Waals surface area contributed by atoms with E-state index in [4.69, 9.17) is 4.52 Å². The number of thioether (sulfide) groups is 1. The molecule has 0 fully saturated rings. The van der Waals surface area contributed by atoms with Gasteiger partial charge in [0, 0.05) is 12.1 Å². The molecule has 1 aromatic carbocycles. The van der Waals surface area contributed by atoms with Crippen LogP contribution in [-0.4, -0.2) is 33.0 Å². The van der Waals surface area contributed by atoms with Crippen molar-refractivity contribution in [3.05, 3.63) is 35.6 Å². The first-order valence-corrected chi connectivity index (χ1v) is 9.59. The summed E-state index contributed by atoms with van der Waals surface area (Å²) < 4.78 is 32.0. The zero-order valence-corrected chi connectivity index (χ0v) is 15.8. The first-order valence-electron chi connectivity index (χ1n) is 7.73. The number of aromatic nitrogens is 2. The van der Waals surface area contributed by atoms with E-state index in [0.717, 1.165) is 35.2 Å². The van der Waals surface area contributed by atoms with Crippen LogP contribution in [0.5, 0.6) is 0 Å². The van der Waals surface area contributed by atoms with Gasteiger partial charge < -0.3 is 15.2 Å². The smallest absolute Gasteiger partial charge is 0.238 e. The molecule has 0 radical (unpaired) electrons. The highest BCUT2D eigenvalue weighted by molar-refractivity contribution is 8.01. The highest BCUT2D eigenvalue weighted by atomic mass is 32.2. The van der Waals surface area contributed by atoms with Crippen LogP contribution in [0.1, 0.15) is 12.7 Å². The van der Waals surface area contributed by atoms with Crippen LogP contribution in [0.15, 0.2) is 22.7 Å². The second-order valence-corrected chi connectivity index (χ2v) is 7.93. The van der Waals surface area contributed by atoms with Crippen molar-refractivity contribution < 1.29 is 22.9 Å². The third-order valence-corrected chi connectivity index (χ3v) is 5.43. The molecule has 27 heavy (non-hydrogen) atoms. The van der Waals surface area contributed by atoms with Crippen molar-refractivity contribution in [2.24, 2.45) is 0 Å². The molecule has 2 heterocycles. The molecule has 3 rings (SSSR count). The molecule has 0 aliphatic heterocycles. The lowest BCUT2D eigenvalue weighted by molar-refractivity contribution is -0.115. The maximum absolute atomic E-state index is 13.7. The Bertz CT molecular complexity index is 1000. The Morgan fingerprint density at radius 2 is 2.07 bits per heavy atom. The van der Waals surface area contributed by atoms with Crippen LogP contribution in [0.4, 0.5) is 19.7 Å². The van der Waals surface area contributed by atoms with Crippen LogP contribution in [-0.2, 0) is 9.59 Å². The minimum atomic E-state index is -0.787. The Balaban J connectivity index is 1.53. The lowest BCUT2D eigenvalue weighted by atomic mass is 10.3. The van der Waals surface area contributed by atoms with Crippen LogP contribution < -0.4 is 10.6 Å². The average molecular weight is 412 g/mol. The van der Waals surface area contributed by atoms with Gasteiger partial charge in [0.25, 0.3) is 0 Å². The molecule has 2 N–H and O–H groups in total. The van der Waals surface area contributed by atoms with E-state index in [0.29, 0.717) is 16.3 Å². The number of nitrogens with one attached hydrogen (secondary N) is 2. The molecule has 0 spiro atoms. The highest BCUT2D eigenvalue weighted by Gasteiger charge is 2.18. The summed E-state index contributed by atoms with van der Waals surface area (Å²) in [6.45, 7) is 3.35. The van der Waals surface area contributed by atoms with Gasteiger partial charge in [-0.15, -0.1) is 11.8 Å². The van der Waals surface area contributed by atoms with Gasteiger partial charge in [-0.3, -0.25) is 9.59 Å². The number of aryl methyl sites for hydroxylation is 1. The number of thiazole rings is 1. The van der Waals surface area contributed by atoms with Gasteiger partial charge in [0.2, 0.25) is 11.8 Å². The predicted octanol–water partition coefficient (Wildman–Crippen LogP) is 3.57. The second-order valence-electron chi connectivity index (χ2n) is 5.57. The van der Waals surface area contributed by atoms with Crippen LogP contribution in [0, 0.1) is 18.6 Å². The van der Waals surface area contributed by atoms with E-state index >= 15 is 0 Å². The van der Waals surface area contributed by atoms with Gasteiger partial charge in [0.1, 0.15) is 17.1 Å². The number of rotatable bonds is 6. The molecule has 2 amide bonds. The monoisotopic (exact) mass is 412 g/mol. The number of anilines is 2. The molecule has 0 bridgehead atoms. The molecular formula is C16H14F2N4O3S2. The van der Waals surface area contributed by atoms with Crippen molar-refractivity contribution in [1.29, 1.82) is 0 Å². The third kappa shape index (κ3) is 4.80. The van der Waals surface area contributed by atoms with Crippen molar-refractivity contribution in [3.8, 4) is 0 Å². The molecule has 3 aromatic rings. The Labute approximate surface area is 160 Å². The van der Waals surface area contributed by atoms with Crippen molar-refractivity contribution >= 4 is 56.1 Å². The fourth-order valence-electron chi connectivity index (χ4n) is 2.10. The topological polar surface area (TPSA) is 97.1 Å². The van der Waals surface area contributed by atoms with Gasteiger partial charge in [-0.1, -0.05) is 16.5 Å². The molecule has 0 saturated heterocycles. The summed E-state index contributed by atoms with van der Waals surface area (Å²) in [7, 11) is 0. The summed E-state index contributed by atoms with van der Waals surface area (Å²) in [5.74, 6) is -1.37. The third-order valence-electron chi connectivity index (χ3n) is 3.37. The molecule has 0 aliphatic rings. The zero-order chi connectivity index (χ0) is 19.6. The largest absolute Gasteiger partial charge is 0.360 e. The Morgan fingerprint density at radius 1 is 1.30 bits per heavy atom. The molecule has 2 aromatic heterocycles. The Kier molecular flexibility index (Phi) is 5.71. The lowest BCUT2D eigenvalue weighted by Crippen LogP contribution is -2.25. The minimum absolute atomic E-state index is 0.00000405. The summed E-state index contributed by atoms with van der Waals surface area (Å²) in [6.07, 6.45) is 0. The number of fused-ring (bicyclic) bond motifs is 1. The van der Waals surface area contributed by atoms with Crippen molar-refractivity contribution in [2.45, 2.75) is 19.1 Å². The van der Waals surface area contributed by atoms with Gasteiger partial charge in [0.15, 0.2) is 16.8 Å². The number of hydrogen-bond donors (Lipinski definition) is 2. The molecular weight excluding hydrogens is 398 g/mol. The van der Waals surface area contributed by atoms with E-state index in [9.17, 15) is 18.4 Å². The van der Waals surface area contributed by atoms with Gasteiger partial charge >= 0.3 is 0 Å². The van der Waals surface area contributed by atoms with E-state index in [1.54, 1.807) is 19.9 Å². The number of amides is 2. The summed E-state index contributed by atoms with van der Waals surface area (Å²) >= 11 is 2.08. The standard InChI is InChI=1S/C16H14F2N4O3S2/c1-7-3-12(22-25-7)19-15(24)8(2)26-6-13(23)20-16-21-14-10(18)4-9(17)5-11(14)27-16/h3-5,8H,6H2,1-2H3,(H,19,22,24)(H,20,21,23)/t8-/m0/s1. The Morgan fingerprint density at radius 3 is 2.78 bits per heavy atom. The zero-order valence-electron chi connectivity index (χ0n) is 14.2. The Hall–Kier alpha value is -2.53. The summed E-state index contributed by atoms with van der Waals surface area (Å²) in [6, 6.07) is 3.47. The maximum Gasteiger partial charge on any atom is 0.238 e. The van der Waals surface area contributed by atoms with Gasteiger partial charge in [-0.2, -0.15) is 0 Å². The van der Waals surface area contributed by atoms with E-state index in [-0.39, 0.29) is 22.3 Å². The lowest BCUT2D eigenvalue weighted by Gasteiger charge is -2.09. The first-order chi connectivity index (χ1) is 12.8. The summed E-state index contributed by atoms with van der Waals surface area (Å²) in [5.41, 5.74) is 0.00000405. The fraction of sp³-hybridized carbons (Fsp3) is 0.250. The summed E-state index contributed by atoms with van der Waals surface area (Å²) in [4.78, 5) is 28.0.